The number of ketones is 1. The molecule has 0 saturated carbocycles. The van der Waals surface area contributed by atoms with Crippen LogP contribution < -0.4 is 9.47 Å². The molecule has 1 unspecified atom stereocenters. The second kappa shape index (κ2) is 8.36. The lowest BCUT2D eigenvalue weighted by Gasteiger charge is -2.32. The third kappa shape index (κ3) is 3.93. The van der Waals surface area contributed by atoms with E-state index in [1.54, 1.807) is 0 Å². The van der Waals surface area contributed by atoms with Gasteiger partial charge in [0, 0.05) is 34.4 Å². The molecule has 4 nitrogen and oxygen atoms in total. The number of hydrogen-bond donors (Lipinski definition) is 0. The third-order valence-corrected chi connectivity index (χ3v) is 4.40. The summed E-state index contributed by atoms with van der Waals surface area (Å²) in [5.41, 5.74) is -0.887. The number of benzene rings is 2. The van der Waals surface area contributed by atoms with E-state index in [1.165, 1.54) is 30.3 Å². The topological polar surface area (TPSA) is 38.8 Å². The summed E-state index contributed by atoms with van der Waals surface area (Å²) in [6.07, 6.45) is -9.80. The van der Waals surface area contributed by atoms with E-state index in [2.05, 4.69) is 0 Å². The van der Waals surface area contributed by atoms with Crippen molar-refractivity contribution in [1.82, 2.24) is 4.90 Å². The van der Waals surface area contributed by atoms with E-state index in [0.717, 1.165) is 12.1 Å². The predicted molar refractivity (Wildman–Crippen MR) is 110 cm³/mol. The van der Waals surface area contributed by atoms with Gasteiger partial charge >= 0.3 is 0 Å². The molecule has 28 heavy (non-hydrogen) atoms. The van der Waals surface area contributed by atoms with E-state index in [0.29, 0.717) is 0 Å². The van der Waals surface area contributed by atoms with Crippen molar-refractivity contribution >= 4 is 5.78 Å². The Bertz CT molecular complexity index is 1490. The van der Waals surface area contributed by atoms with Crippen LogP contribution in [0.4, 0.5) is 0 Å². The fraction of sp³-hybridized carbons (Fsp3) is 0.458. The van der Waals surface area contributed by atoms with Crippen LogP contribution in [0.1, 0.15) is 65.3 Å². The van der Waals surface area contributed by atoms with Gasteiger partial charge in [-0.15, -0.1) is 0 Å². The van der Waals surface area contributed by atoms with Crippen LogP contribution in [0.5, 0.6) is 11.5 Å². The fourth-order valence-corrected chi connectivity index (χ4v) is 3.07. The van der Waals surface area contributed by atoms with Gasteiger partial charge in [0.15, 0.2) is 17.3 Å². The molecule has 0 N–H and O–H groups in total. The highest BCUT2D eigenvalue weighted by atomic mass is 16.5. The average molecular weight is 398 g/mol. The lowest BCUT2D eigenvalue weighted by atomic mass is 9.85. The SMILES string of the molecule is [2H]C([2H])([2H])Oc1cc2c(cc1OC([2H])([2H])[2H])C(=O)C([2H])(CC1([2H])C([2H])([2H])C([2H])([2H])N(C([2H])([2H])c3ccccc3)C([2H])([2H])C1([2H])[2H])C2. The highest BCUT2D eigenvalue weighted by Gasteiger charge is 2.34. The van der Waals surface area contributed by atoms with Crippen molar-refractivity contribution < 1.29 is 38.9 Å². The number of piperidine rings is 1. The Balaban J connectivity index is 1.84. The number of carbonyl (C=O) groups is 1. The van der Waals surface area contributed by atoms with Crippen molar-refractivity contribution in [3.05, 3.63) is 59.2 Å². The van der Waals surface area contributed by atoms with Crippen molar-refractivity contribution in [3.8, 4) is 11.5 Å². The molecule has 148 valence electrons. The molecule has 1 saturated heterocycles. The van der Waals surface area contributed by atoms with Crippen LogP contribution in [-0.4, -0.2) is 37.8 Å². The molecule has 4 rings (SSSR count). The third-order valence-electron chi connectivity index (χ3n) is 4.40. The summed E-state index contributed by atoms with van der Waals surface area (Å²) in [7, 11) is -6.26. The van der Waals surface area contributed by atoms with Gasteiger partial charge < -0.3 is 9.47 Å². The van der Waals surface area contributed by atoms with Gasteiger partial charge in [0.1, 0.15) is 0 Å². The van der Waals surface area contributed by atoms with Crippen molar-refractivity contribution in [2.45, 2.75) is 32.1 Å². The van der Waals surface area contributed by atoms with Crippen molar-refractivity contribution in [1.29, 1.82) is 0 Å². The molecule has 1 aliphatic heterocycles. The first-order chi connectivity index (χ1) is 20.5. The number of likely N-dealkylation sites (tertiary alicyclic amines) is 1. The van der Waals surface area contributed by atoms with Gasteiger partial charge in [-0.05, 0) is 67.7 Å². The molecule has 0 bridgehead atoms. The van der Waals surface area contributed by atoms with Gasteiger partial charge in [-0.1, -0.05) is 30.3 Å². The Morgan fingerprint density at radius 1 is 1.18 bits per heavy atom. The first-order valence-electron chi connectivity index (χ1n) is 17.4. The lowest BCUT2D eigenvalue weighted by Crippen LogP contribution is -2.34. The smallest absolute Gasteiger partial charge is 0.166 e. The Kier molecular flexibility index (Phi) is 2.14. The summed E-state index contributed by atoms with van der Waals surface area (Å²) in [5, 5.41) is 0. The Labute approximate surface area is 192 Å². The molecule has 1 aliphatic carbocycles. The Morgan fingerprint density at radius 3 is 2.61 bits per heavy atom. The highest BCUT2D eigenvalue weighted by molar-refractivity contribution is 6.02. The minimum atomic E-state index is -3.80. The predicted octanol–water partition coefficient (Wildman–Crippen LogP) is 4.36. The maximum atomic E-state index is 13.7. The molecular formula is C24H29NO3. The molecule has 2 aromatic carbocycles. The molecule has 0 radical (unpaired) electrons. The normalized spacial score (nSPS) is 42.1. The zero-order valence-corrected chi connectivity index (χ0v) is 14.6. The molecule has 0 amide bonds. The zero-order valence-electron chi connectivity index (χ0n) is 32.6. The molecule has 2 aliphatic rings. The van der Waals surface area contributed by atoms with E-state index in [9.17, 15) is 4.79 Å². The van der Waals surface area contributed by atoms with E-state index >= 15 is 0 Å². The summed E-state index contributed by atoms with van der Waals surface area (Å²) >= 11 is 0. The van der Waals surface area contributed by atoms with Crippen LogP contribution in [0.25, 0.3) is 0 Å². The number of nitrogens with zero attached hydrogens (tertiary/aromatic N) is 1. The number of rotatable bonds is 6. The molecule has 1 fully saturated rings. The number of ether oxygens (including phenoxy) is 2. The van der Waals surface area contributed by atoms with Crippen molar-refractivity contribution in [3.63, 3.8) is 0 Å². The Hall–Kier alpha value is -2.33. The summed E-state index contributed by atoms with van der Waals surface area (Å²) in [6.45, 7) is -10.7. The van der Waals surface area contributed by atoms with Crippen LogP contribution in [0.3, 0.4) is 0 Å². The van der Waals surface area contributed by atoms with Crippen LogP contribution in [0.2, 0.25) is 0 Å². The Morgan fingerprint density at radius 2 is 1.89 bits per heavy atom. The monoisotopic (exact) mass is 397 g/mol. The molecule has 0 spiro atoms. The maximum Gasteiger partial charge on any atom is 0.166 e. The minimum Gasteiger partial charge on any atom is -0.493 e. The zero-order chi connectivity index (χ0) is 35.3. The quantitative estimate of drug-likeness (QED) is 0.726. The molecule has 2 aromatic rings. The average Bonchev–Trinajstić information content (AvgIpc) is 3.09. The minimum absolute atomic E-state index is 0.134. The van der Waals surface area contributed by atoms with E-state index in [1.807, 2.05) is 0 Å². The van der Waals surface area contributed by atoms with Gasteiger partial charge in [0.2, 0.25) is 0 Å². The van der Waals surface area contributed by atoms with Crippen LogP contribution in [0, 0.1) is 11.8 Å². The fourth-order valence-electron chi connectivity index (χ4n) is 3.07. The van der Waals surface area contributed by atoms with Crippen molar-refractivity contribution in [2.75, 3.05) is 27.1 Å². The number of fused-ring (bicyclic) bond motifs is 1. The largest absolute Gasteiger partial charge is 0.493 e. The molecule has 1 atom stereocenters. The lowest BCUT2D eigenvalue weighted by molar-refractivity contribution is 0.0895. The van der Waals surface area contributed by atoms with Crippen molar-refractivity contribution in [2.24, 2.45) is 11.8 Å². The van der Waals surface area contributed by atoms with Gasteiger partial charge in [-0.2, -0.15) is 0 Å². The number of Topliss-reactive ketones (excluding diaryl/α,β-unsaturated/α-hetero) is 1. The number of methoxy groups -OCH3 is 2. The second-order valence-electron chi connectivity index (χ2n) is 6.21. The summed E-state index contributed by atoms with van der Waals surface area (Å²) in [6, 6.07) is 8.24. The first kappa shape index (κ1) is 7.17. The van der Waals surface area contributed by atoms with Gasteiger partial charge in [-0.25, -0.2) is 0 Å². The van der Waals surface area contributed by atoms with E-state index < -0.39 is 93.8 Å². The summed E-state index contributed by atoms with van der Waals surface area (Å²) < 4.78 is 159. The van der Waals surface area contributed by atoms with Gasteiger partial charge in [-0.3, -0.25) is 9.69 Å². The van der Waals surface area contributed by atoms with Crippen LogP contribution in [-0.2, 0) is 12.9 Å². The first-order valence-corrected chi connectivity index (χ1v) is 8.42. The molecular weight excluding hydrogens is 350 g/mol. The number of carbonyl (C=O) groups excluding carboxylic acids is 1. The summed E-state index contributed by atoms with van der Waals surface area (Å²) in [5.74, 6) is -8.84. The van der Waals surface area contributed by atoms with Crippen LogP contribution in [0.15, 0.2) is 42.5 Å². The standard InChI is InChI=1S/C24H29NO3/c1-27-22-14-19-13-20(24(26)21(19)15-23(22)28-2)12-17-8-10-25(11-9-17)16-18-6-4-3-5-7-18/h3-7,14-15,17,20H,8-13,16H2,1-2H3/i1D3,2D3,8D2,9D2,10D2,11D2,16D2,17D,20D. The van der Waals surface area contributed by atoms with Gasteiger partial charge in [0.05, 0.1) is 22.3 Å². The van der Waals surface area contributed by atoms with Crippen LogP contribution >= 0.6 is 0 Å². The molecule has 0 aromatic heterocycles. The maximum absolute atomic E-state index is 13.7. The molecule has 1 heterocycles. The number of hydrogen-bond acceptors (Lipinski definition) is 4. The second-order valence-corrected chi connectivity index (χ2v) is 6.21. The van der Waals surface area contributed by atoms with E-state index in [4.69, 9.17) is 34.1 Å². The summed E-state index contributed by atoms with van der Waals surface area (Å²) in [4.78, 5) is 13.4. The van der Waals surface area contributed by atoms with Gasteiger partial charge in [0.25, 0.3) is 0 Å². The molecule has 4 heteroatoms. The van der Waals surface area contributed by atoms with E-state index in [-0.39, 0.29) is 16.0 Å². The highest BCUT2D eigenvalue weighted by Crippen LogP contribution is 2.39.